The Bertz CT molecular complexity index is 825. The molecule has 0 bridgehead atoms. The van der Waals surface area contributed by atoms with Crippen molar-refractivity contribution in [3.8, 4) is 17.1 Å². The summed E-state index contributed by atoms with van der Waals surface area (Å²) in [6.45, 7) is 6.20. The van der Waals surface area contributed by atoms with Crippen LogP contribution >= 0.6 is 0 Å². The van der Waals surface area contributed by atoms with Gasteiger partial charge in [-0.15, -0.1) is 0 Å². The van der Waals surface area contributed by atoms with Gasteiger partial charge in [0.2, 0.25) is 11.7 Å². The monoisotopic (exact) mass is 323 g/mol. The molecule has 0 aliphatic carbocycles. The minimum Gasteiger partial charge on any atom is -0.497 e. The van der Waals surface area contributed by atoms with Crippen LogP contribution in [0.1, 0.15) is 30.0 Å². The van der Waals surface area contributed by atoms with Crippen LogP contribution in [0.3, 0.4) is 0 Å². The molecule has 124 valence electrons. The van der Waals surface area contributed by atoms with Crippen molar-refractivity contribution in [1.29, 1.82) is 0 Å². The maximum absolute atomic E-state index is 5.41. The molecule has 1 heterocycles. The van der Waals surface area contributed by atoms with Gasteiger partial charge in [0.15, 0.2) is 0 Å². The van der Waals surface area contributed by atoms with Gasteiger partial charge in [-0.2, -0.15) is 4.98 Å². The molecule has 1 aromatic heterocycles. The number of rotatable bonds is 5. The third-order valence-corrected chi connectivity index (χ3v) is 4.05. The highest BCUT2D eigenvalue weighted by Gasteiger charge is 2.15. The number of methoxy groups -OCH3 is 1. The number of benzene rings is 2. The number of nitrogens with zero attached hydrogens (tertiary/aromatic N) is 2. The zero-order valence-electron chi connectivity index (χ0n) is 14.3. The molecule has 5 heteroatoms. The summed E-state index contributed by atoms with van der Waals surface area (Å²) in [6.07, 6.45) is 0. The second-order valence-corrected chi connectivity index (χ2v) is 5.85. The fraction of sp³-hybridized carbons (Fsp3) is 0.263. The topological polar surface area (TPSA) is 60.2 Å². The first kappa shape index (κ1) is 16.1. The molecule has 0 amide bonds. The third-order valence-electron chi connectivity index (χ3n) is 4.05. The van der Waals surface area contributed by atoms with Crippen molar-refractivity contribution in [1.82, 2.24) is 10.1 Å². The minimum absolute atomic E-state index is 0.0772. The molecule has 1 N–H and O–H groups in total. The van der Waals surface area contributed by atoms with E-state index >= 15 is 0 Å². The summed E-state index contributed by atoms with van der Waals surface area (Å²) in [5, 5.41) is 7.46. The molecule has 0 aliphatic rings. The molecule has 2 aromatic carbocycles. The molecule has 0 saturated carbocycles. The maximum Gasteiger partial charge on any atom is 0.249 e. The first-order valence-corrected chi connectivity index (χ1v) is 7.88. The summed E-state index contributed by atoms with van der Waals surface area (Å²) in [5.41, 5.74) is 4.45. The Morgan fingerprint density at radius 2 is 1.79 bits per heavy atom. The minimum atomic E-state index is -0.0772. The molecule has 1 unspecified atom stereocenters. The normalized spacial score (nSPS) is 12.0. The van der Waals surface area contributed by atoms with Crippen molar-refractivity contribution in [2.24, 2.45) is 0 Å². The standard InChI is InChI=1S/C19H21N3O2/c1-12-5-8-16(11-13(12)2)20-14(3)19-21-18(22-24-19)15-6-9-17(23-4)10-7-15/h5-11,14,20H,1-4H3. The molecular weight excluding hydrogens is 302 g/mol. The Labute approximate surface area is 141 Å². The summed E-state index contributed by atoms with van der Waals surface area (Å²) in [7, 11) is 1.64. The second kappa shape index (κ2) is 6.74. The molecule has 3 aromatic rings. The average molecular weight is 323 g/mol. The highest BCUT2D eigenvalue weighted by Crippen LogP contribution is 2.24. The van der Waals surface area contributed by atoms with E-state index in [0.29, 0.717) is 11.7 Å². The smallest absolute Gasteiger partial charge is 0.249 e. The van der Waals surface area contributed by atoms with Crippen LogP contribution in [0.15, 0.2) is 47.0 Å². The lowest BCUT2D eigenvalue weighted by Crippen LogP contribution is -2.07. The number of nitrogens with one attached hydrogen (secondary N) is 1. The van der Waals surface area contributed by atoms with Gasteiger partial charge in [0.1, 0.15) is 11.8 Å². The molecule has 0 spiro atoms. The van der Waals surface area contributed by atoms with Crippen molar-refractivity contribution in [2.45, 2.75) is 26.8 Å². The van der Waals surface area contributed by atoms with Gasteiger partial charge in [0, 0.05) is 11.3 Å². The van der Waals surface area contributed by atoms with Crippen LogP contribution < -0.4 is 10.1 Å². The van der Waals surface area contributed by atoms with Crippen LogP contribution in [-0.2, 0) is 0 Å². The van der Waals surface area contributed by atoms with Crippen molar-refractivity contribution in [3.63, 3.8) is 0 Å². The third kappa shape index (κ3) is 3.40. The Hall–Kier alpha value is -2.82. The number of hydrogen-bond acceptors (Lipinski definition) is 5. The molecule has 0 fully saturated rings. The van der Waals surface area contributed by atoms with E-state index in [0.717, 1.165) is 17.0 Å². The maximum atomic E-state index is 5.41. The summed E-state index contributed by atoms with van der Waals surface area (Å²) < 4.78 is 10.6. The van der Waals surface area contributed by atoms with Crippen LogP contribution in [0, 0.1) is 13.8 Å². The highest BCUT2D eigenvalue weighted by atomic mass is 16.5. The number of hydrogen-bond donors (Lipinski definition) is 1. The fourth-order valence-electron chi connectivity index (χ4n) is 2.41. The van der Waals surface area contributed by atoms with Crippen molar-refractivity contribution in [3.05, 3.63) is 59.5 Å². The van der Waals surface area contributed by atoms with E-state index in [1.54, 1.807) is 7.11 Å². The molecule has 0 aliphatic heterocycles. The molecule has 3 rings (SSSR count). The molecule has 1 atom stereocenters. The van der Waals surface area contributed by atoms with E-state index in [9.17, 15) is 0 Å². The number of aryl methyl sites for hydroxylation is 2. The predicted octanol–water partition coefficient (Wildman–Crippen LogP) is 4.54. The summed E-state index contributed by atoms with van der Waals surface area (Å²) in [5.74, 6) is 1.92. The molecule has 0 radical (unpaired) electrons. The van der Waals surface area contributed by atoms with Crippen molar-refractivity contribution < 1.29 is 9.26 Å². The first-order valence-electron chi connectivity index (χ1n) is 7.88. The van der Waals surface area contributed by atoms with Gasteiger partial charge in [-0.1, -0.05) is 11.2 Å². The van der Waals surface area contributed by atoms with E-state index in [-0.39, 0.29) is 6.04 Å². The average Bonchev–Trinajstić information content (AvgIpc) is 3.08. The van der Waals surface area contributed by atoms with Crippen molar-refractivity contribution >= 4 is 5.69 Å². The van der Waals surface area contributed by atoms with Gasteiger partial charge in [-0.05, 0) is 68.3 Å². The van der Waals surface area contributed by atoms with Crippen LogP contribution in [0.25, 0.3) is 11.4 Å². The molecule has 24 heavy (non-hydrogen) atoms. The Morgan fingerprint density at radius 3 is 2.46 bits per heavy atom. The lowest BCUT2D eigenvalue weighted by Gasteiger charge is -2.12. The Balaban J connectivity index is 1.75. The predicted molar refractivity (Wildman–Crippen MR) is 94.2 cm³/mol. The van der Waals surface area contributed by atoms with Gasteiger partial charge >= 0.3 is 0 Å². The lowest BCUT2D eigenvalue weighted by atomic mass is 10.1. The van der Waals surface area contributed by atoms with Gasteiger partial charge < -0.3 is 14.6 Å². The van der Waals surface area contributed by atoms with E-state index in [1.165, 1.54) is 11.1 Å². The number of aromatic nitrogens is 2. The summed E-state index contributed by atoms with van der Waals surface area (Å²) >= 11 is 0. The second-order valence-electron chi connectivity index (χ2n) is 5.85. The quantitative estimate of drug-likeness (QED) is 0.747. The van der Waals surface area contributed by atoms with Crippen LogP contribution in [0.2, 0.25) is 0 Å². The zero-order chi connectivity index (χ0) is 17.1. The van der Waals surface area contributed by atoms with Crippen molar-refractivity contribution in [2.75, 3.05) is 12.4 Å². The van der Waals surface area contributed by atoms with Gasteiger partial charge in [0.25, 0.3) is 0 Å². The van der Waals surface area contributed by atoms with Gasteiger partial charge in [-0.3, -0.25) is 0 Å². The van der Waals surface area contributed by atoms with Crippen LogP contribution in [0.4, 0.5) is 5.69 Å². The molecule has 5 nitrogen and oxygen atoms in total. The first-order chi connectivity index (χ1) is 11.6. The Morgan fingerprint density at radius 1 is 1.04 bits per heavy atom. The highest BCUT2D eigenvalue weighted by molar-refractivity contribution is 5.56. The molecular formula is C19H21N3O2. The number of anilines is 1. The van der Waals surface area contributed by atoms with Gasteiger partial charge in [-0.25, -0.2) is 0 Å². The van der Waals surface area contributed by atoms with E-state index in [4.69, 9.17) is 9.26 Å². The lowest BCUT2D eigenvalue weighted by molar-refractivity contribution is 0.368. The van der Waals surface area contributed by atoms with E-state index < -0.39 is 0 Å². The van der Waals surface area contributed by atoms with Crippen LogP contribution in [0.5, 0.6) is 5.75 Å². The molecule has 0 saturated heterocycles. The fourth-order valence-corrected chi connectivity index (χ4v) is 2.41. The number of ether oxygens (including phenoxy) is 1. The van der Waals surface area contributed by atoms with E-state index in [2.05, 4.69) is 47.5 Å². The Kier molecular flexibility index (Phi) is 4.51. The van der Waals surface area contributed by atoms with Gasteiger partial charge in [0.05, 0.1) is 7.11 Å². The van der Waals surface area contributed by atoms with E-state index in [1.807, 2.05) is 31.2 Å². The van der Waals surface area contributed by atoms with Crippen LogP contribution in [-0.4, -0.2) is 17.3 Å². The largest absolute Gasteiger partial charge is 0.497 e. The SMILES string of the molecule is COc1ccc(-c2noc(C(C)Nc3ccc(C)c(C)c3)n2)cc1. The summed E-state index contributed by atoms with van der Waals surface area (Å²) in [6, 6.07) is 13.8. The zero-order valence-corrected chi connectivity index (χ0v) is 14.3. The summed E-state index contributed by atoms with van der Waals surface area (Å²) in [4.78, 5) is 4.49.